The molecule has 13 heteroatoms. The van der Waals surface area contributed by atoms with Crippen LogP contribution in [0.2, 0.25) is 36.3 Å². The number of rotatable bonds is 27. The Balaban J connectivity index is 4.59. The maximum atomic E-state index is 5.57. The molecular formula is C24H58O9Si4. The van der Waals surface area contributed by atoms with Crippen LogP contribution in [0.15, 0.2) is 0 Å². The third-order valence-corrected chi connectivity index (χ3v) is 19.8. The molecule has 0 radical (unpaired) electrons. The minimum Gasteiger partial charge on any atom is -0.377 e. The number of hydrogen-bond acceptors (Lipinski definition) is 9. The first kappa shape index (κ1) is 37.5. The lowest BCUT2D eigenvalue weighted by atomic mass is 10.3. The van der Waals surface area contributed by atoms with E-state index in [9.17, 15) is 0 Å². The van der Waals surface area contributed by atoms with Gasteiger partial charge in [0.15, 0.2) is 0 Å². The second kappa shape index (κ2) is 22.2. The highest BCUT2D eigenvalue weighted by molar-refractivity contribution is 6.61. The van der Waals surface area contributed by atoms with Crippen LogP contribution in [-0.4, -0.2) is 99.2 Å². The summed E-state index contributed by atoms with van der Waals surface area (Å²) in [6.45, 7) is 0. The van der Waals surface area contributed by atoms with Crippen molar-refractivity contribution in [3.05, 3.63) is 0 Å². The SMILES string of the molecule is CO[Si](CCCCC[SiH](CCCCC[Si](OC)(OC)OC)CCCCC[Si](OC)(OC)OC)(OC)OC. The molecule has 0 saturated heterocycles. The van der Waals surface area contributed by atoms with Crippen LogP contribution in [0.4, 0.5) is 0 Å². The lowest BCUT2D eigenvalue weighted by Gasteiger charge is -2.24. The highest BCUT2D eigenvalue weighted by atomic mass is 28.4. The zero-order valence-corrected chi connectivity index (χ0v) is 29.5. The smallest absolute Gasteiger partial charge is 0.377 e. The van der Waals surface area contributed by atoms with Gasteiger partial charge < -0.3 is 39.8 Å². The molecule has 0 aromatic heterocycles. The van der Waals surface area contributed by atoms with E-state index in [0.717, 1.165) is 37.4 Å². The van der Waals surface area contributed by atoms with Crippen LogP contribution in [-0.2, 0) is 39.8 Å². The summed E-state index contributed by atoms with van der Waals surface area (Å²) in [5.74, 6) is 0. The molecule has 0 atom stereocenters. The Kier molecular flexibility index (Phi) is 22.5. The summed E-state index contributed by atoms with van der Waals surface area (Å²) in [6.07, 6.45) is 10.8. The Bertz CT molecular complexity index is 426. The van der Waals surface area contributed by atoms with Gasteiger partial charge in [0.1, 0.15) is 0 Å². The fourth-order valence-corrected chi connectivity index (χ4v) is 13.8. The Morgan fingerprint density at radius 1 is 0.324 bits per heavy atom. The summed E-state index contributed by atoms with van der Waals surface area (Å²) < 4.78 is 50.1. The summed E-state index contributed by atoms with van der Waals surface area (Å²) in [5, 5.41) is 0. The second-order valence-corrected chi connectivity index (χ2v) is 22.3. The van der Waals surface area contributed by atoms with Crippen molar-refractivity contribution in [3.63, 3.8) is 0 Å². The molecule has 0 amide bonds. The topological polar surface area (TPSA) is 83.1 Å². The van der Waals surface area contributed by atoms with E-state index in [2.05, 4.69) is 0 Å². The predicted molar refractivity (Wildman–Crippen MR) is 158 cm³/mol. The Labute approximate surface area is 232 Å². The van der Waals surface area contributed by atoms with Crippen LogP contribution >= 0.6 is 0 Å². The first-order valence-electron chi connectivity index (χ1n) is 13.8. The normalized spacial score (nSPS) is 13.1. The molecule has 37 heavy (non-hydrogen) atoms. The lowest BCUT2D eigenvalue weighted by Crippen LogP contribution is -2.42. The fourth-order valence-electron chi connectivity index (χ4n) is 4.96. The van der Waals surface area contributed by atoms with E-state index in [4.69, 9.17) is 39.8 Å². The van der Waals surface area contributed by atoms with Gasteiger partial charge in [-0.05, 0) is 19.3 Å². The van der Waals surface area contributed by atoms with E-state index in [1.54, 1.807) is 64.0 Å². The third-order valence-electron chi connectivity index (χ3n) is 7.59. The molecule has 0 saturated carbocycles. The molecule has 0 heterocycles. The molecule has 0 spiro atoms. The van der Waals surface area contributed by atoms with Gasteiger partial charge in [-0.2, -0.15) is 0 Å². The minimum atomic E-state index is -2.45. The van der Waals surface area contributed by atoms with Crippen molar-refractivity contribution in [1.82, 2.24) is 0 Å². The van der Waals surface area contributed by atoms with Crippen LogP contribution in [0.3, 0.4) is 0 Å². The van der Waals surface area contributed by atoms with Crippen molar-refractivity contribution < 1.29 is 39.8 Å². The van der Waals surface area contributed by atoms with Crippen molar-refractivity contribution >= 4 is 35.2 Å². The summed E-state index contributed by atoms with van der Waals surface area (Å²) in [5.41, 5.74) is 0. The monoisotopic (exact) mass is 602 g/mol. The maximum absolute atomic E-state index is 5.57. The predicted octanol–water partition coefficient (Wildman–Crippen LogP) is 5.36. The standard InChI is InChI=1S/C24H58O9Si4/c1-25-35(26-2,27-3)22-16-10-13-19-34(20-14-11-17-23-36(28-4,29-5)30-6)21-15-12-18-24-37(31-7,32-8)33-9/h34H,10-24H2,1-9H3. The molecule has 0 bridgehead atoms. The van der Waals surface area contributed by atoms with Crippen molar-refractivity contribution in [2.75, 3.05) is 64.0 Å². The van der Waals surface area contributed by atoms with E-state index >= 15 is 0 Å². The van der Waals surface area contributed by atoms with Crippen molar-refractivity contribution in [2.24, 2.45) is 0 Å². The fraction of sp³-hybridized carbons (Fsp3) is 1.00. The van der Waals surface area contributed by atoms with Crippen molar-refractivity contribution in [1.29, 1.82) is 0 Å². The zero-order chi connectivity index (χ0) is 28.0. The molecule has 0 aromatic carbocycles. The van der Waals surface area contributed by atoms with Gasteiger partial charge in [0, 0.05) is 90.9 Å². The van der Waals surface area contributed by atoms with E-state index in [1.807, 2.05) is 0 Å². The molecule has 0 aliphatic rings. The van der Waals surface area contributed by atoms with Gasteiger partial charge in [0.05, 0.1) is 0 Å². The molecule has 0 aliphatic carbocycles. The molecular weight excluding hydrogens is 545 g/mol. The Morgan fingerprint density at radius 2 is 0.541 bits per heavy atom. The van der Waals surface area contributed by atoms with Crippen LogP contribution in [0.5, 0.6) is 0 Å². The first-order chi connectivity index (χ1) is 17.8. The summed E-state index contributed by atoms with van der Waals surface area (Å²) >= 11 is 0. The molecule has 0 rings (SSSR count). The molecule has 0 aliphatic heterocycles. The van der Waals surface area contributed by atoms with Gasteiger partial charge in [-0.15, -0.1) is 0 Å². The van der Waals surface area contributed by atoms with Gasteiger partial charge in [-0.3, -0.25) is 0 Å². The average Bonchev–Trinajstić information content (AvgIpc) is 2.95. The van der Waals surface area contributed by atoms with E-state index < -0.39 is 35.2 Å². The largest absolute Gasteiger partial charge is 0.500 e. The van der Waals surface area contributed by atoms with Crippen LogP contribution in [0.1, 0.15) is 57.8 Å². The summed E-state index contributed by atoms with van der Waals surface area (Å²) in [4.78, 5) is 0. The minimum absolute atomic E-state index is 0.800. The highest BCUT2D eigenvalue weighted by Crippen LogP contribution is 2.24. The molecule has 9 nitrogen and oxygen atoms in total. The lowest BCUT2D eigenvalue weighted by molar-refractivity contribution is 0.122. The first-order valence-corrected chi connectivity index (χ1v) is 22.0. The van der Waals surface area contributed by atoms with E-state index in [-0.39, 0.29) is 0 Å². The van der Waals surface area contributed by atoms with Crippen LogP contribution in [0, 0.1) is 0 Å². The van der Waals surface area contributed by atoms with Crippen molar-refractivity contribution in [3.8, 4) is 0 Å². The average molecular weight is 603 g/mol. The number of hydrogen-bond donors (Lipinski definition) is 0. The molecule has 0 N–H and O–H groups in total. The summed E-state index contributed by atoms with van der Waals surface area (Å²) in [6, 6.07) is 6.87. The van der Waals surface area contributed by atoms with Gasteiger partial charge in [-0.25, -0.2) is 0 Å². The molecule has 0 aromatic rings. The van der Waals surface area contributed by atoms with E-state index in [0.29, 0.717) is 0 Å². The molecule has 0 fully saturated rings. The third kappa shape index (κ3) is 14.6. The zero-order valence-electron chi connectivity index (χ0n) is 25.4. The quantitative estimate of drug-likeness (QED) is 0.0911. The molecule has 0 unspecified atom stereocenters. The maximum Gasteiger partial charge on any atom is 0.500 e. The second-order valence-electron chi connectivity index (χ2n) is 9.55. The van der Waals surface area contributed by atoms with Crippen LogP contribution < -0.4 is 0 Å². The van der Waals surface area contributed by atoms with Gasteiger partial charge in [0.2, 0.25) is 0 Å². The number of unbranched alkanes of at least 4 members (excludes halogenated alkanes) is 6. The van der Waals surface area contributed by atoms with Gasteiger partial charge >= 0.3 is 26.4 Å². The molecule has 224 valence electrons. The van der Waals surface area contributed by atoms with Crippen molar-refractivity contribution in [2.45, 2.75) is 94.1 Å². The summed E-state index contributed by atoms with van der Waals surface area (Å²) in [7, 11) is 7.09. The van der Waals surface area contributed by atoms with Gasteiger partial charge in [-0.1, -0.05) is 56.7 Å². The highest BCUT2D eigenvalue weighted by Gasteiger charge is 2.38. The van der Waals surface area contributed by atoms with Gasteiger partial charge in [0.25, 0.3) is 0 Å². The Hall–Kier alpha value is 0.508. The Morgan fingerprint density at radius 3 is 0.730 bits per heavy atom. The van der Waals surface area contributed by atoms with Crippen LogP contribution in [0.25, 0.3) is 0 Å². The van der Waals surface area contributed by atoms with E-state index in [1.165, 1.54) is 56.7 Å².